The van der Waals surface area contributed by atoms with Crippen LogP contribution in [0, 0.1) is 5.92 Å². The molecule has 0 radical (unpaired) electrons. The number of aliphatic hydroxyl groups is 1. The molecule has 2 rings (SSSR count). The first kappa shape index (κ1) is 13.3. The Morgan fingerprint density at radius 3 is 2.33 bits per heavy atom. The number of aliphatic hydroxyl groups excluding tert-OH is 1. The number of hydrogen-bond acceptors (Lipinski definition) is 2. The SMILES string of the molecule is CC(C)Cc1ccc(C(O)Cc2cccs2)cc1. The molecule has 0 amide bonds. The minimum absolute atomic E-state index is 0.392. The number of rotatable bonds is 5. The summed E-state index contributed by atoms with van der Waals surface area (Å²) in [5.41, 5.74) is 2.35. The summed E-state index contributed by atoms with van der Waals surface area (Å²) in [6.45, 7) is 4.44. The van der Waals surface area contributed by atoms with Gasteiger partial charge in [0.2, 0.25) is 0 Å². The van der Waals surface area contributed by atoms with E-state index in [1.165, 1.54) is 10.4 Å². The summed E-state index contributed by atoms with van der Waals surface area (Å²) in [7, 11) is 0. The highest BCUT2D eigenvalue weighted by Gasteiger charge is 2.09. The van der Waals surface area contributed by atoms with Gasteiger partial charge in [0.25, 0.3) is 0 Å². The molecule has 18 heavy (non-hydrogen) atoms. The van der Waals surface area contributed by atoms with Gasteiger partial charge in [0, 0.05) is 11.3 Å². The second-order valence-corrected chi connectivity index (χ2v) is 6.17. The van der Waals surface area contributed by atoms with Crippen molar-refractivity contribution >= 4 is 11.3 Å². The van der Waals surface area contributed by atoms with Crippen molar-refractivity contribution in [3.8, 4) is 0 Å². The molecule has 0 fully saturated rings. The molecule has 0 saturated heterocycles. The Hall–Kier alpha value is -1.12. The van der Waals surface area contributed by atoms with Crippen molar-refractivity contribution in [2.45, 2.75) is 32.8 Å². The molecule has 2 heteroatoms. The van der Waals surface area contributed by atoms with Gasteiger partial charge in [-0.2, -0.15) is 0 Å². The molecule has 0 aliphatic heterocycles. The third-order valence-corrected chi connectivity index (χ3v) is 3.88. The van der Waals surface area contributed by atoms with E-state index in [0.717, 1.165) is 12.0 Å². The highest BCUT2D eigenvalue weighted by atomic mass is 32.1. The smallest absolute Gasteiger partial charge is 0.0838 e. The van der Waals surface area contributed by atoms with Crippen LogP contribution in [0.15, 0.2) is 41.8 Å². The van der Waals surface area contributed by atoms with Crippen LogP contribution in [0.3, 0.4) is 0 Å². The minimum atomic E-state index is -0.392. The van der Waals surface area contributed by atoms with Crippen LogP contribution in [0.25, 0.3) is 0 Å². The van der Waals surface area contributed by atoms with E-state index in [9.17, 15) is 5.11 Å². The molecule has 0 spiro atoms. The lowest BCUT2D eigenvalue weighted by Gasteiger charge is -2.11. The summed E-state index contributed by atoms with van der Waals surface area (Å²) in [5.74, 6) is 0.673. The summed E-state index contributed by atoms with van der Waals surface area (Å²) in [6, 6.07) is 12.5. The Bertz CT molecular complexity index is 456. The molecule has 1 atom stereocenters. The Labute approximate surface area is 113 Å². The van der Waals surface area contributed by atoms with Gasteiger partial charge in [-0.25, -0.2) is 0 Å². The van der Waals surface area contributed by atoms with Crippen LogP contribution in [0.5, 0.6) is 0 Å². The van der Waals surface area contributed by atoms with Crippen LogP contribution in [-0.2, 0) is 12.8 Å². The van der Waals surface area contributed by atoms with Gasteiger partial charge in [-0.05, 0) is 34.9 Å². The monoisotopic (exact) mass is 260 g/mol. The van der Waals surface area contributed by atoms with Crippen LogP contribution in [0.4, 0.5) is 0 Å². The number of benzene rings is 1. The van der Waals surface area contributed by atoms with Crippen LogP contribution >= 0.6 is 11.3 Å². The number of thiophene rings is 1. The van der Waals surface area contributed by atoms with Crippen molar-refractivity contribution in [1.82, 2.24) is 0 Å². The van der Waals surface area contributed by atoms with Gasteiger partial charge in [0.15, 0.2) is 0 Å². The largest absolute Gasteiger partial charge is 0.388 e. The highest BCUT2D eigenvalue weighted by Crippen LogP contribution is 2.22. The summed E-state index contributed by atoms with van der Waals surface area (Å²) >= 11 is 1.70. The lowest BCUT2D eigenvalue weighted by molar-refractivity contribution is 0.179. The summed E-state index contributed by atoms with van der Waals surface area (Å²) in [4.78, 5) is 1.23. The molecule has 1 aromatic heterocycles. The second kappa shape index (κ2) is 6.17. The summed E-state index contributed by atoms with van der Waals surface area (Å²) in [6.07, 6.45) is 1.42. The van der Waals surface area contributed by atoms with Gasteiger partial charge >= 0.3 is 0 Å². The molecule has 2 aromatic rings. The van der Waals surface area contributed by atoms with Gasteiger partial charge in [0.05, 0.1) is 6.10 Å². The van der Waals surface area contributed by atoms with Crippen molar-refractivity contribution in [3.63, 3.8) is 0 Å². The van der Waals surface area contributed by atoms with Crippen LogP contribution in [-0.4, -0.2) is 5.11 Å². The zero-order valence-electron chi connectivity index (χ0n) is 11.0. The third kappa shape index (κ3) is 3.69. The topological polar surface area (TPSA) is 20.2 Å². The Balaban J connectivity index is 2.00. The van der Waals surface area contributed by atoms with Crippen molar-refractivity contribution in [1.29, 1.82) is 0 Å². The van der Waals surface area contributed by atoms with E-state index in [1.807, 2.05) is 11.4 Å². The van der Waals surface area contributed by atoms with E-state index in [1.54, 1.807) is 11.3 Å². The van der Waals surface area contributed by atoms with E-state index in [4.69, 9.17) is 0 Å². The van der Waals surface area contributed by atoms with E-state index in [0.29, 0.717) is 12.3 Å². The maximum Gasteiger partial charge on any atom is 0.0838 e. The Kier molecular flexibility index (Phi) is 4.56. The molecule has 1 heterocycles. The molecule has 0 saturated carbocycles. The first-order chi connectivity index (χ1) is 8.65. The van der Waals surface area contributed by atoms with E-state index in [2.05, 4.69) is 44.2 Å². The Morgan fingerprint density at radius 2 is 1.78 bits per heavy atom. The van der Waals surface area contributed by atoms with Crippen LogP contribution < -0.4 is 0 Å². The summed E-state index contributed by atoms with van der Waals surface area (Å²) in [5, 5.41) is 12.2. The van der Waals surface area contributed by atoms with Crippen molar-refractivity contribution < 1.29 is 5.11 Å². The maximum atomic E-state index is 10.2. The van der Waals surface area contributed by atoms with E-state index < -0.39 is 6.10 Å². The second-order valence-electron chi connectivity index (χ2n) is 5.14. The van der Waals surface area contributed by atoms with Gasteiger partial charge in [-0.1, -0.05) is 44.2 Å². The number of hydrogen-bond donors (Lipinski definition) is 1. The van der Waals surface area contributed by atoms with Crippen molar-refractivity contribution in [2.75, 3.05) is 0 Å². The molecule has 1 nitrogen and oxygen atoms in total. The Morgan fingerprint density at radius 1 is 1.06 bits per heavy atom. The van der Waals surface area contributed by atoms with Crippen LogP contribution in [0.1, 0.15) is 36.0 Å². The standard InChI is InChI=1S/C16H20OS/c1-12(2)10-13-5-7-14(8-6-13)16(17)11-15-4-3-9-18-15/h3-9,12,16-17H,10-11H2,1-2H3. The van der Waals surface area contributed by atoms with Gasteiger partial charge in [-0.3, -0.25) is 0 Å². The molecular formula is C16H20OS. The third-order valence-electron chi connectivity index (χ3n) is 2.98. The van der Waals surface area contributed by atoms with Gasteiger partial charge in [-0.15, -0.1) is 11.3 Å². The quantitative estimate of drug-likeness (QED) is 0.853. The fraction of sp³-hybridized carbons (Fsp3) is 0.375. The summed E-state index contributed by atoms with van der Waals surface area (Å²) < 4.78 is 0. The predicted molar refractivity (Wildman–Crippen MR) is 78.0 cm³/mol. The molecular weight excluding hydrogens is 240 g/mol. The minimum Gasteiger partial charge on any atom is -0.388 e. The predicted octanol–water partition coefficient (Wildman–Crippen LogP) is 4.22. The highest BCUT2D eigenvalue weighted by molar-refractivity contribution is 7.09. The van der Waals surface area contributed by atoms with E-state index >= 15 is 0 Å². The first-order valence-corrected chi connectivity index (χ1v) is 7.32. The van der Waals surface area contributed by atoms with Crippen LogP contribution in [0.2, 0.25) is 0 Å². The molecule has 1 aromatic carbocycles. The molecule has 0 aliphatic carbocycles. The lowest BCUT2D eigenvalue weighted by atomic mass is 9.99. The molecule has 0 aliphatic rings. The molecule has 1 unspecified atom stereocenters. The zero-order valence-corrected chi connectivity index (χ0v) is 11.8. The molecule has 1 N–H and O–H groups in total. The fourth-order valence-corrected chi connectivity index (χ4v) is 2.83. The fourth-order valence-electron chi connectivity index (χ4n) is 2.08. The average molecular weight is 260 g/mol. The normalized spacial score (nSPS) is 12.9. The maximum absolute atomic E-state index is 10.2. The van der Waals surface area contributed by atoms with Gasteiger partial charge in [0.1, 0.15) is 0 Å². The lowest BCUT2D eigenvalue weighted by Crippen LogP contribution is -2.01. The first-order valence-electron chi connectivity index (χ1n) is 6.44. The van der Waals surface area contributed by atoms with Crippen molar-refractivity contribution in [2.24, 2.45) is 5.92 Å². The van der Waals surface area contributed by atoms with Crippen molar-refractivity contribution in [3.05, 3.63) is 57.8 Å². The average Bonchev–Trinajstić information content (AvgIpc) is 2.82. The molecule has 96 valence electrons. The van der Waals surface area contributed by atoms with E-state index in [-0.39, 0.29) is 0 Å². The zero-order chi connectivity index (χ0) is 13.0. The molecule has 0 bridgehead atoms. The van der Waals surface area contributed by atoms with Gasteiger partial charge < -0.3 is 5.11 Å².